The lowest BCUT2D eigenvalue weighted by atomic mass is 9.99. The van der Waals surface area contributed by atoms with Gasteiger partial charge in [-0.15, -0.1) is 0 Å². The molecule has 0 bridgehead atoms. The quantitative estimate of drug-likeness (QED) is 0.890. The Bertz CT molecular complexity index is 694. The average Bonchev–Trinajstić information content (AvgIpc) is 2.46. The van der Waals surface area contributed by atoms with Gasteiger partial charge in [0.05, 0.1) is 22.8 Å². The molecule has 2 rings (SSSR count). The maximum Gasteiger partial charge on any atom is 0.335 e. The zero-order valence-corrected chi connectivity index (χ0v) is 10.2. The lowest BCUT2D eigenvalue weighted by Crippen LogP contribution is -2.03. The molecule has 20 heavy (non-hydrogen) atoms. The van der Waals surface area contributed by atoms with Gasteiger partial charge in [-0.2, -0.15) is 5.26 Å². The number of aromatic carboxylic acids is 2. The van der Waals surface area contributed by atoms with Gasteiger partial charge in [-0.25, -0.2) is 9.59 Å². The van der Waals surface area contributed by atoms with Crippen molar-refractivity contribution in [3.63, 3.8) is 0 Å². The maximum absolute atomic E-state index is 11.0. The number of hydrogen-bond acceptors (Lipinski definition) is 3. The Kier molecular flexibility index (Phi) is 3.49. The molecule has 2 N–H and O–H groups in total. The van der Waals surface area contributed by atoms with E-state index in [0.29, 0.717) is 16.7 Å². The topological polar surface area (TPSA) is 98.4 Å². The van der Waals surface area contributed by atoms with Crippen LogP contribution in [0.3, 0.4) is 0 Å². The van der Waals surface area contributed by atoms with Crippen LogP contribution < -0.4 is 0 Å². The van der Waals surface area contributed by atoms with E-state index in [1.807, 2.05) is 6.07 Å². The number of benzene rings is 2. The van der Waals surface area contributed by atoms with Gasteiger partial charge < -0.3 is 10.2 Å². The van der Waals surface area contributed by atoms with Crippen molar-refractivity contribution in [3.8, 4) is 17.2 Å². The van der Waals surface area contributed by atoms with E-state index in [1.54, 1.807) is 24.3 Å². The largest absolute Gasteiger partial charge is 0.478 e. The summed E-state index contributed by atoms with van der Waals surface area (Å²) in [6.07, 6.45) is 0. The van der Waals surface area contributed by atoms with Crippen molar-refractivity contribution in [1.82, 2.24) is 0 Å². The van der Waals surface area contributed by atoms with Crippen molar-refractivity contribution in [2.45, 2.75) is 0 Å². The van der Waals surface area contributed by atoms with Gasteiger partial charge in [0.2, 0.25) is 0 Å². The standard InChI is InChI=1S/C15H9NO4/c16-8-9-1-3-10(4-2-9)11-5-12(14(17)18)7-13(6-11)15(19)20/h1-7H,(H,17,18)(H,19,20). The van der Waals surface area contributed by atoms with E-state index in [4.69, 9.17) is 15.5 Å². The van der Waals surface area contributed by atoms with Gasteiger partial charge >= 0.3 is 11.9 Å². The molecule has 5 heteroatoms. The molecule has 0 aliphatic rings. The first-order valence-corrected chi connectivity index (χ1v) is 5.63. The minimum absolute atomic E-state index is 0.0933. The first-order valence-electron chi connectivity index (χ1n) is 5.63. The molecule has 98 valence electrons. The number of carbonyl (C=O) groups is 2. The SMILES string of the molecule is N#Cc1ccc(-c2cc(C(=O)O)cc(C(=O)O)c2)cc1. The van der Waals surface area contributed by atoms with Gasteiger partial charge in [-0.3, -0.25) is 0 Å². The normalized spacial score (nSPS) is 9.75. The van der Waals surface area contributed by atoms with E-state index in [-0.39, 0.29) is 11.1 Å². The molecular weight excluding hydrogens is 258 g/mol. The predicted molar refractivity (Wildman–Crippen MR) is 70.5 cm³/mol. The summed E-state index contributed by atoms with van der Waals surface area (Å²) in [5.41, 5.74) is 1.41. The van der Waals surface area contributed by atoms with Crippen LogP contribution in [0.15, 0.2) is 42.5 Å². The molecule has 0 aromatic heterocycles. The molecular formula is C15H9NO4. The highest BCUT2D eigenvalue weighted by molar-refractivity contribution is 5.96. The first kappa shape index (κ1) is 13.3. The number of carboxylic acids is 2. The van der Waals surface area contributed by atoms with Crippen molar-refractivity contribution in [2.75, 3.05) is 0 Å². The first-order chi connectivity index (χ1) is 9.51. The van der Waals surface area contributed by atoms with Crippen LogP contribution in [0.4, 0.5) is 0 Å². The van der Waals surface area contributed by atoms with E-state index < -0.39 is 11.9 Å². The molecule has 0 spiro atoms. The summed E-state index contributed by atoms with van der Waals surface area (Å²) in [6.45, 7) is 0. The molecule has 2 aromatic carbocycles. The number of nitrogens with zero attached hydrogens (tertiary/aromatic N) is 1. The van der Waals surface area contributed by atoms with Crippen molar-refractivity contribution in [3.05, 3.63) is 59.2 Å². The molecule has 5 nitrogen and oxygen atoms in total. The fourth-order valence-corrected chi connectivity index (χ4v) is 1.78. The van der Waals surface area contributed by atoms with Crippen LogP contribution in [0.5, 0.6) is 0 Å². The summed E-state index contributed by atoms with van der Waals surface area (Å²) in [5.74, 6) is -2.38. The zero-order chi connectivity index (χ0) is 14.7. The Morgan fingerprint density at radius 2 is 1.35 bits per heavy atom. The second-order valence-corrected chi connectivity index (χ2v) is 4.10. The molecule has 0 atom stereocenters. The lowest BCUT2D eigenvalue weighted by Gasteiger charge is -2.06. The van der Waals surface area contributed by atoms with E-state index in [0.717, 1.165) is 6.07 Å². The summed E-state index contributed by atoms with van der Waals surface area (Å²) in [7, 11) is 0. The molecule has 0 heterocycles. The maximum atomic E-state index is 11.0. The molecule has 0 aliphatic carbocycles. The van der Waals surface area contributed by atoms with E-state index in [9.17, 15) is 9.59 Å². The van der Waals surface area contributed by atoms with Gasteiger partial charge in [0.15, 0.2) is 0 Å². The molecule has 0 radical (unpaired) electrons. The van der Waals surface area contributed by atoms with Crippen molar-refractivity contribution >= 4 is 11.9 Å². The van der Waals surface area contributed by atoms with Gasteiger partial charge in [-0.1, -0.05) is 12.1 Å². The zero-order valence-electron chi connectivity index (χ0n) is 10.2. The molecule has 0 saturated heterocycles. The molecule has 0 saturated carbocycles. The van der Waals surface area contributed by atoms with Crippen LogP contribution >= 0.6 is 0 Å². The van der Waals surface area contributed by atoms with Gasteiger partial charge in [-0.05, 0) is 41.5 Å². The summed E-state index contributed by atoms with van der Waals surface area (Å²) >= 11 is 0. The smallest absolute Gasteiger partial charge is 0.335 e. The number of hydrogen-bond donors (Lipinski definition) is 2. The minimum atomic E-state index is -1.19. The molecule has 2 aromatic rings. The number of nitriles is 1. The second kappa shape index (κ2) is 5.24. The minimum Gasteiger partial charge on any atom is -0.478 e. The number of rotatable bonds is 3. The Morgan fingerprint density at radius 3 is 1.75 bits per heavy atom. The summed E-state index contributed by atoms with van der Waals surface area (Å²) in [5, 5.41) is 26.7. The summed E-state index contributed by atoms with van der Waals surface area (Å²) in [4.78, 5) is 22.0. The summed E-state index contributed by atoms with van der Waals surface area (Å²) < 4.78 is 0. The van der Waals surface area contributed by atoms with Crippen molar-refractivity contribution in [1.29, 1.82) is 5.26 Å². The molecule has 0 fully saturated rings. The van der Waals surface area contributed by atoms with Gasteiger partial charge in [0.25, 0.3) is 0 Å². The van der Waals surface area contributed by atoms with Crippen molar-refractivity contribution < 1.29 is 19.8 Å². The molecule has 0 unspecified atom stereocenters. The fourth-order valence-electron chi connectivity index (χ4n) is 1.78. The highest BCUT2D eigenvalue weighted by Gasteiger charge is 2.12. The lowest BCUT2D eigenvalue weighted by molar-refractivity contribution is 0.0696. The highest BCUT2D eigenvalue weighted by Crippen LogP contribution is 2.23. The fraction of sp³-hybridized carbons (Fsp3) is 0. The van der Waals surface area contributed by atoms with Crippen LogP contribution in [-0.2, 0) is 0 Å². The van der Waals surface area contributed by atoms with Crippen molar-refractivity contribution in [2.24, 2.45) is 0 Å². The Hall–Kier alpha value is -3.13. The molecule has 0 aliphatic heterocycles. The van der Waals surface area contributed by atoms with Gasteiger partial charge in [0, 0.05) is 0 Å². The third kappa shape index (κ3) is 2.65. The Morgan fingerprint density at radius 1 is 0.850 bits per heavy atom. The Balaban J connectivity index is 2.57. The highest BCUT2D eigenvalue weighted by atomic mass is 16.4. The Labute approximate surface area is 114 Å². The number of carboxylic acid groups (broad SMARTS) is 2. The second-order valence-electron chi connectivity index (χ2n) is 4.10. The van der Waals surface area contributed by atoms with E-state index >= 15 is 0 Å². The van der Waals surface area contributed by atoms with Crippen LogP contribution in [0, 0.1) is 11.3 Å². The third-order valence-electron chi connectivity index (χ3n) is 2.77. The van der Waals surface area contributed by atoms with E-state index in [1.165, 1.54) is 12.1 Å². The monoisotopic (exact) mass is 267 g/mol. The molecule has 0 amide bonds. The van der Waals surface area contributed by atoms with Crippen LogP contribution in [0.2, 0.25) is 0 Å². The predicted octanol–water partition coefficient (Wildman–Crippen LogP) is 2.62. The van der Waals surface area contributed by atoms with Gasteiger partial charge in [0.1, 0.15) is 0 Å². The third-order valence-corrected chi connectivity index (χ3v) is 2.77. The van der Waals surface area contributed by atoms with E-state index in [2.05, 4.69) is 0 Å². The van der Waals surface area contributed by atoms with Crippen LogP contribution in [-0.4, -0.2) is 22.2 Å². The van der Waals surface area contributed by atoms with Crippen LogP contribution in [0.1, 0.15) is 26.3 Å². The summed E-state index contributed by atoms with van der Waals surface area (Å²) in [6, 6.07) is 12.3. The van der Waals surface area contributed by atoms with Crippen LogP contribution in [0.25, 0.3) is 11.1 Å². The average molecular weight is 267 g/mol.